The highest BCUT2D eigenvalue weighted by Gasteiger charge is 2.33. The fraction of sp³-hybridized carbons (Fsp3) is 0. The molecule has 0 spiro atoms. The molecule has 5 nitrogen and oxygen atoms in total. The molecule has 3 aromatic rings. The van der Waals surface area contributed by atoms with Crippen molar-refractivity contribution in [1.82, 2.24) is 0 Å². The number of nitrogens with zero attached hydrogens (tertiary/aromatic N) is 1. The summed E-state index contributed by atoms with van der Waals surface area (Å²) >= 11 is 6.49. The number of furan rings is 1. The second kappa shape index (κ2) is 8.41. The molecule has 0 saturated carbocycles. The molecule has 7 heteroatoms. The van der Waals surface area contributed by atoms with Gasteiger partial charge in [-0.15, -0.1) is 0 Å². The van der Waals surface area contributed by atoms with Gasteiger partial charge >= 0.3 is 5.97 Å². The van der Waals surface area contributed by atoms with E-state index in [0.29, 0.717) is 26.4 Å². The molecule has 1 aliphatic rings. The maximum atomic E-state index is 12.8. The lowest BCUT2D eigenvalue weighted by Crippen LogP contribution is -2.27. The Morgan fingerprint density at radius 2 is 1.77 bits per heavy atom. The van der Waals surface area contributed by atoms with Crippen LogP contribution < -0.4 is 4.90 Å². The fourth-order valence-electron chi connectivity index (χ4n) is 2.73. The average Bonchev–Trinajstić information content (AvgIpc) is 3.31. The molecule has 0 unspecified atom stereocenters. The van der Waals surface area contributed by atoms with Gasteiger partial charge in [-0.3, -0.25) is 9.69 Å². The van der Waals surface area contributed by atoms with E-state index < -0.39 is 5.97 Å². The molecule has 0 aliphatic carbocycles. The van der Waals surface area contributed by atoms with Gasteiger partial charge in [-0.25, -0.2) is 4.79 Å². The number of aromatic carboxylic acids is 1. The van der Waals surface area contributed by atoms with Crippen LogP contribution in [0.15, 0.2) is 76.1 Å². The van der Waals surface area contributed by atoms with Crippen LogP contribution in [0.25, 0.3) is 6.08 Å². The monoisotopic (exact) mass is 431 g/mol. The lowest BCUT2D eigenvalue weighted by atomic mass is 10.2. The Morgan fingerprint density at radius 1 is 1.03 bits per heavy atom. The van der Waals surface area contributed by atoms with Crippen LogP contribution in [-0.4, -0.2) is 21.3 Å². The van der Waals surface area contributed by atoms with Crippen molar-refractivity contribution in [3.8, 4) is 11.8 Å². The molecule has 1 aromatic heterocycles. The van der Waals surface area contributed by atoms with E-state index in [4.69, 9.17) is 21.7 Å². The largest absolute Gasteiger partial charge is 0.478 e. The standard InChI is InChI=1S/C23H13NO4S2/c25-21-20(30-23(29)24(21)17-9-7-16(8-10-17)22(26)27)14-19-13-12-18(28-19)11-6-15-4-2-1-3-5-15/h1-5,7-10,12-14H,(H,26,27)/b20-14+. The van der Waals surface area contributed by atoms with Crippen LogP contribution in [0.2, 0.25) is 0 Å². The summed E-state index contributed by atoms with van der Waals surface area (Å²) in [7, 11) is 0. The lowest BCUT2D eigenvalue weighted by Gasteiger charge is -2.14. The predicted octanol–water partition coefficient (Wildman–Crippen LogP) is 4.78. The van der Waals surface area contributed by atoms with Crippen molar-refractivity contribution in [3.05, 3.63) is 94.3 Å². The van der Waals surface area contributed by atoms with Crippen LogP contribution in [0.4, 0.5) is 5.69 Å². The van der Waals surface area contributed by atoms with Gasteiger partial charge in [-0.2, -0.15) is 0 Å². The molecule has 2 heterocycles. The summed E-state index contributed by atoms with van der Waals surface area (Å²) in [5.41, 5.74) is 1.53. The SMILES string of the molecule is O=C(O)c1ccc(N2C(=O)/C(=C\c3ccc(C#Cc4ccccc4)o3)SC2=S)cc1. The van der Waals surface area contributed by atoms with Gasteiger partial charge in [0.1, 0.15) is 5.76 Å². The molecule has 1 saturated heterocycles. The molecule has 1 N–H and O–H groups in total. The van der Waals surface area contributed by atoms with Crippen LogP contribution in [0, 0.1) is 11.8 Å². The first-order valence-electron chi connectivity index (χ1n) is 8.79. The number of carboxylic acid groups (broad SMARTS) is 1. The first kappa shape index (κ1) is 19.7. The van der Waals surface area contributed by atoms with Gasteiger partial charge in [-0.1, -0.05) is 48.1 Å². The second-order valence-corrected chi connectivity index (χ2v) is 7.86. The number of thiocarbonyl (C=S) groups is 1. The predicted molar refractivity (Wildman–Crippen MR) is 120 cm³/mol. The van der Waals surface area contributed by atoms with Crippen LogP contribution in [0.3, 0.4) is 0 Å². The number of benzene rings is 2. The van der Waals surface area contributed by atoms with Crippen molar-refractivity contribution < 1.29 is 19.1 Å². The minimum absolute atomic E-state index is 0.138. The Morgan fingerprint density at radius 3 is 2.47 bits per heavy atom. The van der Waals surface area contributed by atoms with E-state index in [-0.39, 0.29) is 11.5 Å². The van der Waals surface area contributed by atoms with E-state index in [0.717, 1.165) is 17.3 Å². The molecule has 1 aliphatic heterocycles. The third-order valence-corrected chi connectivity index (χ3v) is 5.47. The van der Waals surface area contributed by atoms with Crippen molar-refractivity contribution in [1.29, 1.82) is 0 Å². The fourth-order valence-corrected chi connectivity index (χ4v) is 4.00. The Kier molecular flexibility index (Phi) is 5.53. The summed E-state index contributed by atoms with van der Waals surface area (Å²) in [6.45, 7) is 0. The second-order valence-electron chi connectivity index (χ2n) is 6.19. The summed E-state index contributed by atoms with van der Waals surface area (Å²) in [5, 5.41) is 9.02. The smallest absolute Gasteiger partial charge is 0.335 e. The van der Waals surface area contributed by atoms with Gasteiger partial charge in [0.15, 0.2) is 10.1 Å². The molecule has 0 radical (unpaired) electrons. The highest BCUT2D eigenvalue weighted by Crippen LogP contribution is 2.36. The van der Waals surface area contributed by atoms with Crippen molar-refractivity contribution in [2.45, 2.75) is 0 Å². The number of carbonyl (C=O) groups is 2. The normalized spacial score (nSPS) is 14.7. The zero-order valence-corrected chi connectivity index (χ0v) is 17.0. The van der Waals surface area contributed by atoms with Crippen LogP contribution >= 0.6 is 24.0 Å². The Bertz CT molecular complexity index is 1230. The van der Waals surface area contributed by atoms with E-state index in [9.17, 15) is 9.59 Å². The molecule has 0 bridgehead atoms. The maximum Gasteiger partial charge on any atom is 0.335 e. The van der Waals surface area contributed by atoms with Crippen LogP contribution in [0.5, 0.6) is 0 Å². The zero-order valence-electron chi connectivity index (χ0n) is 15.4. The summed E-state index contributed by atoms with van der Waals surface area (Å²) in [4.78, 5) is 25.6. The van der Waals surface area contributed by atoms with Gasteiger partial charge in [0, 0.05) is 11.6 Å². The third kappa shape index (κ3) is 4.20. The quantitative estimate of drug-likeness (QED) is 0.366. The van der Waals surface area contributed by atoms with E-state index in [1.54, 1.807) is 30.3 Å². The molecular formula is C23H13NO4S2. The topological polar surface area (TPSA) is 70.8 Å². The van der Waals surface area contributed by atoms with Gasteiger partial charge < -0.3 is 9.52 Å². The van der Waals surface area contributed by atoms with E-state index in [1.807, 2.05) is 30.3 Å². The van der Waals surface area contributed by atoms with Crippen LogP contribution in [0.1, 0.15) is 27.4 Å². The van der Waals surface area contributed by atoms with E-state index in [1.165, 1.54) is 17.0 Å². The summed E-state index contributed by atoms with van der Waals surface area (Å²) in [6.07, 6.45) is 1.62. The summed E-state index contributed by atoms with van der Waals surface area (Å²) in [5.74, 6) is 5.63. The number of carboxylic acids is 1. The number of rotatable bonds is 3. The first-order chi connectivity index (χ1) is 14.5. The van der Waals surface area contributed by atoms with E-state index in [2.05, 4.69) is 11.8 Å². The molecule has 0 atom stereocenters. The molecule has 30 heavy (non-hydrogen) atoms. The Labute approximate surface area is 182 Å². The van der Waals surface area contributed by atoms with Gasteiger partial charge in [0.2, 0.25) is 0 Å². The van der Waals surface area contributed by atoms with Gasteiger partial charge in [0.05, 0.1) is 16.2 Å². The highest BCUT2D eigenvalue weighted by atomic mass is 32.2. The molecule has 1 amide bonds. The third-order valence-electron chi connectivity index (χ3n) is 4.17. The minimum atomic E-state index is -1.03. The number of anilines is 1. The maximum absolute atomic E-state index is 12.8. The first-order valence-corrected chi connectivity index (χ1v) is 10.0. The molecule has 2 aromatic carbocycles. The number of hydrogen-bond donors (Lipinski definition) is 1. The summed E-state index contributed by atoms with van der Waals surface area (Å²) in [6, 6.07) is 19.0. The molecule has 146 valence electrons. The zero-order chi connectivity index (χ0) is 21.1. The van der Waals surface area contributed by atoms with Crippen molar-refractivity contribution in [2.75, 3.05) is 4.90 Å². The van der Waals surface area contributed by atoms with Gasteiger partial charge in [-0.05, 0) is 54.5 Å². The van der Waals surface area contributed by atoms with Crippen molar-refractivity contribution in [3.63, 3.8) is 0 Å². The summed E-state index contributed by atoms with van der Waals surface area (Å²) < 4.78 is 6.06. The molecule has 4 rings (SSSR count). The molecular weight excluding hydrogens is 418 g/mol. The minimum Gasteiger partial charge on any atom is -0.478 e. The number of carbonyl (C=O) groups excluding carboxylic acids is 1. The van der Waals surface area contributed by atoms with Crippen LogP contribution in [-0.2, 0) is 4.79 Å². The lowest BCUT2D eigenvalue weighted by molar-refractivity contribution is -0.113. The molecule has 1 fully saturated rings. The number of hydrogen-bond acceptors (Lipinski definition) is 5. The number of amides is 1. The Balaban J connectivity index is 1.53. The van der Waals surface area contributed by atoms with Crippen molar-refractivity contribution >= 4 is 51.9 Å². The Hall–Kier alpha value is -3.60. The van der Waals surface area contributed by atoms with Gasteiger partial charge in [0.25, 0.3) is 5.91 Å². The number of thioether (sulfide) groups is 1. The van der Waals surface area contributed by atoms with Crippen molar-refractivity contribution in [2.24, 2.45) is 0 Å². The average molecular weight is 431 g/mol. The highest BCUT2D eigenvalue weighted by molar-refractivity contribution is 8.27. The van der Waals surface area contributed by atoms with E-state index >= 15 is 0 Å².